The summed E-state index contributed by atoms with van der Waals surface area (Å²) in [6, 6.07) is 10.1. The number of para-hydroxylation sites is 1. The fourth-order valence-corrected chi connectivity index (χ4v) is 4.29. The molecular formula is C23H32N4O3. The number of nitrogens with zero attached hydrogens (tertiary/aromatic N) is 3. The highest BCUT2D eigenvalue weighted by molar-refractivity contribution is 6.07. The number of anilines is 1. The Hall–Kier alpha value is -2.22. The summed E-state index contributed by atoms with van der Waals surface area (Å²) in [6.07, 6.45) is 0. The second-order valence-electron chi connectivity index (χ2n) is 8.31. The Morgan fingerprint density at radius 2 is 1.73 bits per heavy atom. The quantitative estimate of drug-likeness (QED) is 0.784. The topological polar surface area (TPSA) is 66.9 Å². The van der Waals surface area contributed by atoms with Gasteiger partial charge in [0.2, 0.25) is 0 Å². The van der Waals surface area contributed by atoms with Crippen molar-refractivity contribution in [2.24, 2.45) is 5.92 Å². The summed E-state index contributed by atoms with van der Waals surface area (Å²) in [5.41, 5.74) is 1.53. The normalized spacial score (nSPS) is 19.2. The van der Waals surface area contributed by atoms with Gasteiger partial charge in [-0.3, -0.25) is 9.69 Å². The van der Waals surface area contributed by atoms with Crippen molar-refractivity contribution in [3.05, 3.63) is 35.9 Å². The molecule has 30 heavy (non-hydrogen) atoms. The summed E-state index contributed by atoms with van der Waals surface area (Å²) >= 11 is 0. The molecule has 0 bridgehead atoms. The van der Waals surface area contributed by atoms with Crippen LogP contribution in [0.1, 0.15) is 24.2 Å². The zero-order chi connectivity index (χ0) is 20.9. The second kappa shape index (κ2) is 9.73. The van der Waals surface area contributed by atoms with Gasteiger partial charge >= 0.3 is 0 Å². The summed E-state index contributed by atoms with van der Waals surface area (Å²) < 4.78 is 11.0. The molecule has 7 nitrogen and oxygen atoms in total. The summed E-state index contributed by atoms with van der Waals surface area (Å²) in [5, 5.41) is 4.10. The van der Waals surface area contributed by atoms with Gasteiger partial charge in [0.05, 0.1) is 37.5 Å². The monoisotopic (exact) mass is 412 g/mol. The van der Waals surface area contributed by atoms with Gasteiger partial charge in [0.1, 0.15) is 5.82 Å². The van der Waals surface area contributed by atoms with Crippen molar-refractivity contribution >= 4 is 22.6 Å². The van der Waals surface area contributed by atoms with Gasteiger partial charge in [-0.25, -0.2) is 4.98 Å². The Morgan fingerprint density at radius 1 is 1.07 bits per heavy atom. The zero-order valence-electron chi connectivity index (χ0n) is 18.0. The van der Waals surface area contributed by atoms with Gasteiger partial charge < -0.3 is 19.7 Å². The first kappa shape index (κ1) is 21.0. The Kier molecular flexibility index (Phi) is 6.82. The van der Waals surface area contributed by atoms with E-state index < -0.39 is 0 Å². The van der Waals surface area contributed by atoms with E-state index in [9.17, 15) is 4.79 Å². The number of rotatable bonds is 6. The molecule has 2 fully saturated rings. The first-order valence-electron chi connectivity index (χ1n) is 11.0. The molecule has 1 atom stereocenters. The number of morpholine rings is 2. The third-order valence-corrected chi connectivity index (χ3v) is 6.04. The summed E-state index contributed by atoms with van der Waals surface area (Å²) in [4.78, 5) is 22.7. The molecule has 1 aromatic carbocycles. The number of carbonyl (C=O) groups is 1. The molecule has 7 heteroatoms. The SMILES string of the molecule is CC(C)C(CNC(=O)c1cc(N2CCOCC2)nc2ccccc12)N1CCOCC1. The average Bonchev–Trinajstić information content (AvgIpc) is 2.79. The van der Waals surface area contributed by atoms with Crippen molar-refractivity contribution in [1.29, 1.82) is 0 Å². The molecule has 1 amide bonds. The molecule has 0 saturated carbocycles. The molecule has 2 aliphatic heterocycles. The minimum atomic E-state index is -0.0398. The van der Waals surface area contributed by atoms with Crippen LogP contribution < -0.4 is 10.2 Å². The number of carbonyl (C=O) groups excluding carboxylic acids is 1. The van der Waals surface area contributed by atoms with Crippen molar-refractivity contribution in [3.8, 4) is 0 Å². The summed E-state index contributed by atoms with van der Waals surface area (Å²) in [6.45, 7) is 11.4. The van der Waals surface area contributed by atoms with Gasteiger partial charge in [0.15, 0.2) is 0 Å². The number of amides is 1. The fraction of sp³-hybridized carbons (Fsp3) is 0.565. The van der Waals surface area contributed by atoms with Crippen LogP contribution >= 0.6 is 0 Å². The van der Waals surface area contributed by atoms with Crippen LogP contribution in [0.4, 0.5) is 5.82 Å². The maximum atomic E-state index is 13.3. The van der Waals surface area contributed by atoms with E-state index in [-0.39, 0.29) is 5.91 Å². The number of hydrogen-bond acceptors (Lipinski definition) is 6. The van der Waals surface area contributed by atoms with Crippen LogP contribution in [0.15, 0.2) is 30.3 Å². The molecule has 2 aliphatic rings. The molecule has 162 valence electrons. The van der Waals surface area contributed by atoms with Gasteiger partial charge in [-0.1, -0.05) is 32.0 Å². The van der Waals surface area contributed by atoms with Gasteiger partial charge in [-0.15, -0.1) is 0 Å². The molecule has 2 aromatic rings. The molecule has 1 unspecified atom stereocenters. The van der Waals surface area contributed by atoms with E-state index in [1.165, 1.54) is 0 Å². The van der Waals surface area contributed by atoms with E-state index in [2.05, 4.69) is 29.0 Å². The predicted octanol–water partition coefficient (Wildman–Crippen LogP) is 2.16. The maximum absolute atomic E-state index is 13.3. The van der Waals surface area contributed by atoms with E-state index in [1.807, 2.05) is 30.3 Å². The minimum absolute atomic E-state index is 0.0398. The van der Waals surface area contributed by atoms with E-state index in [0.29, 0.717) is 37.3 Å². The number of benzene rings is 1. The van der Waals surface area contributed by atoms with Crippen LogP contribution in [0.2, 0.25) is 0 Å². The van der Waals surface area contributed by atoms with E-state index in [0.717, 1.165) is 56.1 Å². The lowest BCUT2D eigenvalue weighted by molar-refractivity contribution is 0.00673. The molecule has 1 aromatic heterocycles. The third-order valence-electron chi connectivity index (χ3n) is 6.04. The van der Waals surface area contributed by atoms with Crippen molar-refractivity contribution in [2.45, 2.75) is 19.9 Å². The number of fused-ring (bicyclic) bond motifs is 1. The van der Waals surface area contributed by atoms with Gasteiger partial charge in [0, 0.05) is 44.2 Å². The number of aromatic nitrogens is 1. The lowest BCUT2D eigenvalue weighted by Gasteiger charge is -2.37. The first-order valence-corrected chi connectivity index (χ1v) is 11.0. The summed E-state index contributed by atoms with van der Waals surface area (Å²) in [5.74, 6) is 1.25. The average molecular weight is 413 g/mol. The highest BCUT2D eigenvalue weighted by atomic mass is 16.5. The maximum Gasteiger partial charge on any atom is 0.252 e. The van der Waals surface area contributed by atoms with Crippen molar-refractivity contribution in [1.82, 2.24) is 15.2 Å². The zero-order valence-corrected chi connectivity index (χ0v) is 18.0. The molecule has 0 spiro atoms. The molecule has 4 rings (SSSR count). The Labute approximate surface area is 178 Å². The second-order valence-corrected chi connectivity index (χ2v) is 8.31. The Bertz CT molecular complexity index is 861. The molecule has 0 aliphatic carbocycles. The molecule has 0 radical (unpaired) electrons. The van der Waals surface area contributed by atoms with Crippen molar-refractivity contribution in [2.75, 3.05) is 64.1 Å². The predicted molar refractivity (Wildman–Crippen MR) is 118 cm³/mol. The number of nitrogens with one attached hydrogen (secondary N) is 1. The summed E-state index contributed by atoms with van der Waals surface area (Å²) in [7, 11) is 0. The number of hydrogen-bond donors (Lipinski definition) is 1. The fourth-order valence-electron chi connectivity index (χ4n) is 4.29. The van der Waals surface area contributed by atoms with Crippen molar-refractivity contribution < 1.29 is 14.3 Å². The number of ether oxygens (including phenoxy) is 2. The molecule has 2 saturated heterocycles. The van der Waals surface area contributed by atoms with Gasteiger partial charge in [-0.2, -0.15) is 0 Å². The van der Waals surface area contributed by atoms with Gasteiger partial charge in [0.25, 0.3) is 5.91 Å². The van der Waals surface area contributed by atoms with Crippen LogP contribution in [-0.2, 0) is 9.47 Å². The lowest BCUT2D eigenvalue weighted by Crippen LogP contribution is -2.51. The smallest absolute Gasteiger partial charge is 0.252 e. The Morgan fingerprint density at radius 3 is 2.43 bits per heavy atom. The Balaban J connectivity index is 1.55. The van der Waals surface area contributed by atoms with Crippen LogP contribution in [0.3, 0.4) is 0 Å². The van der Waals surface area contributed by atoms with E-state index in [4.69, 9.17) is 14.5 Å². The highest BCUT2D eigenvalue weighted by Crippen LogP contribution is 2.24. The molecule has 1 N–H and O–H groups in total. The minimum Gasteiger partial charge on any atom is -0.379 e. The van der Waals surface area contributed by atoms with Crippen LogP contribution in [0.25, 0.3) is 10.9 Å². The van der Waals surface area contributed by atoms with Crippen molar-refractivity contribution in [3.63, 3.8) is 0 Å². The van der Waals surface area contributed by atoms with E-state index >= 15 is 0 Å². The van der Waals surface area contributed by atoms with E-state index in [1.54, 1.807) is 0 Å². The third kappa shape index (κ3) is 4.74. The molecule has 3 heterocycles. The molecular weight excluding hydrogens is 380 g/mol. The van der Waals surface area contributed by atoms with Crippen LogP contribution in [-0.4, -0.2) is 81.0 Å². The number of pyridine rings is 1. The lowest BCUT2D eigenvalue weighted by atomic mass is 10.0. The van der Waals surface area contributed by atoms with Crippen LogP contribution in [0, 0.1) is 5.92 Å². The first-order chi connectivity index (χ1) is 14.6. The van der Waals surface area contributed by atoms with Crippen LogP contribution in [0.5, 0.6) is 0 Å². The standard InChI is InChI=1S/C23H32N4O3/c1-17(2)21(26-7-11-29-12-8-26)16-24-23(28)19-15-22(27-9-13-30-14-10-27)25-20-6-4-3-5-18(19)20/h3-6,15,17,21H,7-14,16H2,1-2H3,(H,24,28). The van der Waals surface area contributed by atoms with Gasteiger partial charge in [-0.05, 0) is 18.1 Å². The highest BCUT2D eigenvalue weighted by Gasteiger charge is 2.25. The largest absolute Gasteiger partial charge is 0.379 e.